The zero-order valence-electron chi connectivity index (χ0n) is 16.9. The number of anilines is 1. The van der Waals surface area contributed by atoms with E-state index in [2.05, 4.69) is 44.0 Å². The molecule has 10 heteroatoms. The number of benzene rings is 1. The van der Waals surface area contributed by atoms with Crippen LogP contribution in [-0.2, 0) is 4.79 Å². The maximum atomic E-state index is 11.0. The molecule has 0 aliphatic rings. The van der Waals surface area contributed by atoms with E-state index in [-0.39, 0.29) is 6.41 Å². The molecule has 0 aliphatic heterocycles. The number of amides is 1. The molecule has 31 heavy (non-hydrogen) atoms. The van der Waals surface area contributed by atoms with Crippen LogP contribution in [0.5, 0.6) is 0 Å². The number of hydrogen-bond acceptors (Lipinski definition) is 4. The molecule has 2 N–H and O–H groups in total. The summed E-state index contributed by atoms with van der Waals surface area (Å²) in [6.07, 6.45) is 3.50. The number of halogens is 3. The van der Waals surface area contributed by atoms with Gasteiger partial charge in [-0.25, -0.2) is 9.97 Å². The van der Waals surface area contributed by atoms with E-state index in [4.69, 9.17) is 0 Å². The van der Waals surface area contributed by atoms with Crippen molar-refractivity contribution in [2.24, 2.45) is 0 Å². The number of hydrogen-bond donors (Lipinski definition) is 2. The topological polar surface area (TPSA) is 76.2 Å². The Morgan fingerprint density at radius 1 is 1.16 bits per heavy atom. The molecule has 1 amide bonds. The van der Waals surface area contributed by atoms with E-state index in [9.17, 15) is 18.0 Å². The van der Waals surface area contributed by atoms with Crippen LogP contribution >= 0.6 is 0 Å². The number of pyridine rings is 1. The molecule has 0 radical (unpaired) electrons. The molecule has 0 fully saturated rings. The molecule has 0 unspecified atom stereocenters. The van der Waals surface area contributed by atoms with Crippen LogP contribution in [0.3, 0.4) is 0 Å². The van der Waals surface area contributed by atoms with Crippen molar-refractivity contribution in [1.82, 2.24) is 24.3 Å². The molecule has 4 aromatic rings. The van der Waals surface area contributed by atoms with Crippen molar-refractivity contribution in [3.05, 3.63) is 67.0 Å². The zero-order valence-corrected chi connectivity index (χ0v) is 16.9. The van der Waals surface area contributed by atoms with Crippen molar-refractivity contribution in [2.45, 2.75) is 13.1 Å². The summed E-state index contributed by atoms with van der Waals surface area (Å²) < 4.78 is 37.2. The quantitative estimate of drug-likeness (QED) is 0.472. The summed E-state index contributed by atoms with van der Waals surface area (Å²) in [6, 6.07) is 12.4. The Bertz CT molecular complexity index is 1170. The van der Waals surface area contributed by atoms with E-state index in [1.807, 2.05) is 55.6 Å². The van der Waals surface area contributed by atoms with Crippen molar-refractivity contribution in [2.75, 3.05) is 18.9 Å². The SMILES string of the molecule is CNc1cccc(-c2cnc3cc(-n4cnc(C)c4)ccn23)c1.O=CNCC(F)(F)F. The predicted octanol–water partition coefficient (Wildman–Crippen LogP) is 3.83. The number of nitrogens with one attached hydrogen (secondary N) is 2. The van der Waals surface area contributed by atoms with E-state index in [0.717, 1.165) is 34.0 Å². The highest BCUT2D eigenvalue weighted by Crippen LogP contribution is 2.24. The fraction of sp³-hybridized carbons (Fsp3) is 0.190. The normalized spacial score (nSPS) is 11.0. The average Bonchev–Trinajstić information content (AvgIpc) is 3.38. The van der Waals surface area contributed by atoms with Gasteiger partial charge in [-0.3, -0.25) is 9.20 Å². The summed E-state index contributed by atoms with van der Waals surface area (Å²) in [5.74, 6) is 0. The average molecular weight is 430 g/mol. The van der Waals surface area contributed by atoms with Gasteiger partial charge in [0.25, 0.3) is 0 Å². The summed E-state index contributed by atoms with van der Waals surface area (Å²) in [6.45, 7) is 0.730. The first-order valence-electron chi connectivity index (χ1n) is 9.31. The van der Waals surface area contributed by atoms with Crippen LogP contribution < -0.4 is 10.6 Å². The minimum absolute atomic E-state index is 0.00743. The Morgan fingerprint density at radius 2 is 1.97 bits per heavy atom. The summed E-state index contributed by atoms with van der Waals surface area (Å²) in [7, 11) is 1.92. The smallest absolute Gasteiger partial charge is 0.388 e. The first kappa shape index (κ1) is 21.9. The van der Waals surface area contributed by atoms with Crippen molar-refractivity contribution in [3.63, 3.8) is 0 Å². The third-order valence-electron chi connectivity index (χ3n) is 4.34. The van der Waals surface area contributed by atoms with Crippen LogP contribution in [0.1, 0.15) is 5.69 Å². The van der Waals surface area contributed by atoms with Crippen molar-refractivity contribution in [3.8, 4) is 16.9 Å². The van der Waals surface area contributed by atoms with Crippen LogP contribution in [0, 0.1) is 6.92 Å². The maximum Gasteiger partial charge on any atom is 0.405 e. The van der Waals surface area contributed by atoms with E-state index in [1.165, 1.54) is 5.32 Å². The number of rotatable bonds is 5. The van der Waals surface area contributed by atoms with Gasteiger partial charge >= 0.3 is 6.18 Å². The van der Waals surface area contributed by atoms with Crippen molar-refractivity contribution < 1.29 is 18.0 Å². The standard InChI is InChI=1S/C18H17N5.C3H4F3NO/c1-13-11-22(12-21-13)16-6-7-23-17(10-20-18(23)9-16)14-4-3-5-15(8-14)19-2;4-3(5,6)1-7-2-8/h3-12,19H,1-2H3;2H,1H2,(H,7,8). The Kier molecular flexibility index (Phi) is 6.58. The number of aromatic nitrogens is 4. The number of alkyl halides is 3. The molecule has 162 valence electrons. The summed E-state index contributed by atoms with van der Waals surface area (Å²) in [5.41, 5.74) is 6.26. The molecule has 0 atom stereocenters. The number of imidazole rings is 2. The Morgan fingerprint density at radius 3 is 2.58 bits per heavy atom. The second-order valence-corrected chi connectivity index (χ2v) is 6.62. The predicted molar refractivity (Wildman–Crippen MR) is 112 cm³/mol. The van der Waals surface area contributed by atoms with Crippen LogP contribution in [0.25, 0.3) is 22.6 Å². The van der Waals surface area contributed by atoms with Crippen LogP contribution in [-0.4, -0.2) is 45.1 Å². The molecule has 3 aromatic heterocycles. The van der Waals surface area contributed by atoms with E-state index in [1.54, 1.807) is 0 Å². The highest BCUT2D eigenvalue weighted by atomic mass is 19.4. The number of nitrogens with zero attached hydrogens (tertiary/aromatic N) is 4. The zero-order chi connectivity index (χ0) is 22.4. The molecule has 7 nitrogen and oxygen atoms in total. The third-order valence-corrected chi connectivity index (χ3v) is 4.34. The number of aryl methyl sites for hydroxylation is 1. The summed E-state index contributed by atoms with van der Waals surface area (Å²) in [4.78, 5) is 18.1. The van der Waals surface area contributed by atoms with Crippen LogP contribution in [0.2, 0.25) is 0 Å². The largest absolute Gasteiger partial charge is 0.405 e. The summed E-state index contributed by atoms with van der Waals surface area (Å²) >= 11 is 0. The minimum atomic E-state index is -4.29. The van der Waals surface area contributed by atoms with Gasteiger partial charge in [-0.15, -0.1) is 0 Å². The molecule has 4 rings (SSSR count). The van der Waals surface area contributed by atoms with Gasteiger partial charge < -0.3 is 15.2 Å². The highest BCUT2D eigenvalue weighted by Gasteiger charge is 2.25. The molecular formula is C21H21F3N6O. The molecular weight excluding hydrogens is 409 g/mol. The molecule has 0 bridgehead atoms. The Labute approximate surface area is 176 Å². The lowest BCUT2D eigenvalue weighted by Crippen LogP contribution is -2.27. The number of fused-ring (bicyclic) bond motifs is 1. The lowest BCUT2D eigenvalue weighted by molar-refractivity contribution is -0.132. The maximum absolute atomic E-state index is 11.0. The number of carbonyl (C=O) groups excluding carboxylic acids is 1. The lowest BCUT2D eigenvalue weighted by atomic mass is 10.1. The summed E-state index contributed by atoms with van der Waals surface area (Å²) in [5, 5.41) is 4.65. The van der Waals surface area contributed by atoms with Gasteiger partial charge in [0.05, 0.1) is 29.6 Å². The van der Waals surface area contributed by atoms with Gasteiger partial charge in [-0.2, -0.15) is 13.2 Å². The van der Waals surface area contributed by atoms with Gasteiger partial charge in [0.15, 0.2) is 0 Å². The molecule has 0 saturated carbocycles. The first-order valence-corrected chi connectivity index (χ1v) is 9.31. The fourth-order valence-electron chi connectivity index (χ4n) is 2.90. The van der Waals surface area contributed by atoms with Gasteiger partial charge in [0.2, 0.25) is 6.41 Å². The number of carbonyl (C=O) groups is 1. The van der Waals surface area contributed by atoms with Gasteiger partial charge in [-0.05, 0) is 25.1 Å². The van der Waals surface area contributed by atoms with Crippen LogP contribution in [0.4, 0.5) is 18.9 Å². The molecule has 3 heterocycles. The highest BCUT2D eigenvalue weighted by molar-refractivity contribution is 5.68. The lowest BCUT2D eigenvalue weighted by Gasteiger charge is -2.06. The second-order valence-electron chi connectivity index (χ2n) is 6.62. The van der Waals surface area contributed by atoms with E-state index >= 15 is 0 Å². The van der Waals surface area contributed by atoms with Crippen molar-refractivity contribution in [1.29, 1.82) is 0 Å². The third kappa shape index (κ3) is 5.62. The Hall–Kier alpha value is -3.82. The van der Waals surface area contributed by atoms with E-state index in [0.29, 0.717) is 0 Å². The van der Waals surface area contributed by atoms with E-state index < -0.39 is 12.7 Å². The van der Waals surface area contributed by atoms with Gasteiger partial charge in [0.1, 0.15) is 12.2 Å². The fourth-order valence-corrected chi connectivity index (χ4v) is 2.90. The Balaban J connectivity index is 0.000000293. The second kappa shape index (κ2) is 9.33. The minimum Gasteiger partial charge on any atom is -0.388 e. The molecule has 1 aromatic carbocycles. The monoisotopic (exact) mass is 430 g/mol. The van der Waals surface area contributed by atoms with Crippen LogP contribution in [0.15, 0.2) is 61.3 Å². The van der Waals surface area contributed by atoms with Crippen molar-refractivity contribution >= 4 is 17.7 Å². The van der Waals surface area contributed by atoms with Gasteiger partial charge in [0, 0.05) is 36.8 Å². The first-order chi connectivity index (χ1) is 14.8. The molecule has 0 spiro atoms. The van der Waals surface area contributed by atoms with Gasteiger partial charge in [-0.1, -0.05) is 12.1 Å². The molecule has 0 saturated heterocycles. The molecule has 0 aliphatic carbocycles.